The van der Waals surface area contributed by atoms with Gasteiger partial charge in [-0.3, -0.25) is 0 Å². The van der Waals surface area contributed by atoms with E-state index in [0.717, 1.165) is 17.1 Å². The first-order valence-electron chi connectivity index (χ1n) is 20.6. The second-order valence-corrected chi connectivity index (χ2v) is 16.7. The SMILES string of the molecule is c1ccc(-c2cc(N(c3cccc(-c4ccccc4-c4cc5ccccc5c5ccccc45)c3)c3ccc4c(c3)sc3c5ccccc5ccc43)cc3ccccc23)cc1. The van der Waals surface area contributed by atoms with Crippen LogP contribution >= 0.6 is 11.3 Å². The van der Waals surface area contributed by atoms with Gasteiger partial charge in [-0.05, 0) is 119 Å². The molecule has 0 N–H and O–H groups in total. The van der Waals surface area contributed by atoms with Gasteiger partial charge in [0.15, 0.2) is 0 Å². The van der Waals surface area contributed by atoms with Gasteiger partial charge in [-0.15, -0.1) is 11.3 Å². The molecule has 0 aliphatic carbocycles. The van der Waals surface area contributed by atoms with E-state index in [0.29, 0.717) is 0 Å². The van der Waals surface area contributed by atoms with Gasteiger partial charge in [0.25, 0.3) is 0 Å². The molecule has 0 radical (unpaired) electrons. The zero-order valence-electron chi connectivity index (χ0n) is 32.7. The van der Waals surface area contributed by atoms with Crippen LogP contribution in [0.4, 0.5) is 17.1 Å². The molecule has 1 aromatic heterocycles. The van der Waals surface area contributed by atoms with Crippen LogP contribution in [-0.4, -0.2) is 0 Å². The van der Waals surface area contributed by atoms with Crippen LogP contribution in [0.5, 0.6) is 0 Å². The van der Waals surface area contributed by atoms with E-state index in [1.807, 2.05) is 11.3 Å². The van der Waals surface area contributed by atoms with Crippen molar-refractivity contribution in [2.45, 2.75) is 0 Å². The highest BCUT2D eigenvalue weighted by Crippen LogP contribution is 2.46. The lowest BCUT2D eigenvalue weighted by molar-refractivity contribution is 1.30. The monoisotopic (exact) mass is 779 g/mol. The Morgan fingerprint density at radius 2 is 0.883 bits per heavy atom. The maximum Gasteiger partial charge on any atom is 0.0476 e. The largest absolute Gasteiger partial charge is 0.310 e. The average Bonchev–Trinajstić information content (AvgIpc) is 3.70. The van der Waals surface area contributed by atoms with Crippen LogP contribution in [0.2, 0.25) is 0 Å². The lowest BCUT2D eigenvalue weighted by Gasteiger charge is -2.27. The predicted octanol–water partition coefficient (Wildman–Crippen LogP) is 17.1. The fraction of sp³-hybridized carbons (Fsp3) is 0. The molecule has 0 spiro atoms. The molecular weight excluding hydrogens is 743 g/mol. The molecule has 0 aliphatic heterocycles. The molecule has 12 rings (SSSR count). The Morgan fingerprint density at radius 3 is 1.72 bits per heavy atom. The van der Waals surface area contributed by atoms with Gasteiger partial charge in [0, 0.05) is 37.2 Å². The highest BCUT2D eigenvalue weighted by molar-refractivity contribution is 7.26. The topological polar surface area (TPSA) is 3.24 Å². The minimum absolute atomic E-state index is 1.10. The molecule has 0 bridgehead atoms. The van der Waals surface area contributed by atoms with Crippen LogP contribution in [0.25, 0.3) is 96.6 Å². The van der Waals surface area contributed by atoms with Crippen LogP contribution in [-0.2, 0) is 0 Å². The maximum atomic E-state index is 2.46. The summed E-state index contributed by atoms with van der Waals surface area (Å²) in [6.07, 6.45) is 0. The van der Waals surface area contributed by atoms with E-state index in [-0.39, 0.29) is 0 Å². The summed E-state index contributed by atoms with van der Waals surface area (Å²) < 4.78 is 2.61. The minimum atomic E-state index is 1.10. The number of thiophene rings is 1. The van der Waals surface area contributed by atoms with Crippen molar-refractivity contribution >= 4 is 91.7 Å². The molecule has 0 saturated heterocycles. The van der Waals surface area contributed by atoms with Crippen molar-refractivity contribution in [1.29, 1.82) is 0 Å². The summed E-state index contributed by atoms with van der Waals surface area (Å²) in [5.74, 6) is 0. The van der Waals surface area contributed by atoms with E-state index in [2.05, 4.69) is 229 Å². The summed E-state index contributed by atoms with van der Waals surface area (Å²) in [6.45, 7) is 0. The van der Waals surface area contributed by atoms with Gasteiger partial charge in [-0.1, -0.05) is 182 Å². The van der Waals surface area contributed by atoms with Gasteiger partial charge in [-0.25, -0.2) is 0 Å². The molecule has 0 saturated carbocycles. The van der Waals surface area contributed by atoms with Crippen LogP contribution < -0.4 is 4.90 Å². The van der Waals surface area contributed by atoms with Crippen LogP contribution in [0, 0.1) is 0 Å². The van der Waals surface area contributed by atoms with Crippen molar-refractivity contribution in [2.75, 3.05) is 4.90 Å². The van der Waals surface area contributed by atoms with Gasteiger partial charge >= 0.3 is 0 Å². The Bertz CT molecular complexity index is 3620. The first kappa shape index (κ1) is 34.5. The number of hydrogen-bond donors (Lipinski definition) is 0. The van der Waals surface area contributed by atoms with Gasteiger partial charge in [0.2, 0.25) is 0 Å². The Kier molecular flexibility index (Phi) is 8.11. The summed E-state index contributed by atoms with van der Waals surface area (Å²) in [6, 6.07) is 82.6. The van der Waals surface area contributed by atoms with Gasteiger partial charge in [0.1, 0.15) is 0 Å². The van der Waals surface area contributed by atoms with Crippen molar-refractivity contribution in [1.82, 2.24) is 0 Å². The molecule has 0 fully saturated rings. The van der Waals surface area contributed by atoms with Crippen molar-refractivity contribution in [2.24, 2.45) is 0 Å². The molecule has 0 amide bonds. The molecule has 0 unspecified atom stereocenters. The van der Waals surface area contributed by atoms with E-state index < -0.39 is 0 Å². The standard InChI is InChI=1S/C58H37NS/c1-2-15-38(16-3-1)55-36-45(34-40-18-5-8-24-48(40)55)59(44-30-32-53-54-31-29-39-17-4-9-25-49(39)58(54)60-57(53)37-44)43-21-14-20-41(33-43)46-23-10-11-27-51(46)56-35-42-19-6-7-22-47(42)50-26-12-13-28-52(50)56/h1-37H. The third-order valence-corrected chi connectivity index (χ3v) is 13.4. The molecule has 280 valence electrons. The molecule has 12 aromatic rings. The van der Waals surface area contributed by atoms with E-state index in [9.17, 15) is 0 Å². The normalized spacial score (nSPS) is 11.7. The third-order valence-electron chi connectivity index (χ3n) is 12.2. The lowest BCUT2D eigenvalue weighted by Crippen LogP contribution is -2.10. The molecule has 11 aromatic carbocycles. The highest BCUT2D eigenvalue weighted by Gasteiger charge is 2.20. The van der Waals surface area contributed by atoms with Gasteiger partial charge in [-0.2, -0.15) is 0 Å². The molecule has 1 nitrogen and oxygen atoms in total. The second kappa shape index (κ2) is 14.1. The highest BCUT2D eigenvalue weighted by atomic mass is 32.1. The predicted molar refractivity (Wildman–Crippen MR) is 260 cm³/mol. The quantitative estimate of drug-likeness (QED) is 0.152. The summed E-state index contributed by atoms with van der Waals surface area (Å²) in [7, 11) is 0. The second-order valence-electron chi connectivity index (χ2n) is 15.6. The average molecular weight is 780 g/mol. The number of fused-ring (bicyclic) bond motifs is 9. The Morgan fingerprint density at radius 1 is 0.267 bits per heavy atom. The van der Waals surface area contributed by atoms with Crippen molar-refractivity contribution in [3.05, 3.63) is 224 Å². The maximum absolute atomic E-state index is 2.46. The zero-order valence-corrected chi connectivity index (χ0v) is 33.5. The summed E-state index contributed by atoms with van der Waals surface area (Å²) in [4.78, 5) is 2.46. The smallest absolute Gasteiger partial charge is 0.0476 e. The minimum Gasteiger partial charge on any atom is -0.310 e. The first-order valence-corrected chi connectivity index (χ1v) is 21.4. The fourth-order valence-corrected chi connectivity index (χ4v) is 10.7. The van der Waals surface area contributed by atoms with E-state index in [1.165, 1.54) is 96.6 Å². The third kappa shape index (κ3) is 5.68. The Balaban J connectivity index is 1.08. The molecule has 0 atom stereocenters. The number of hydrogen-bond acceptors (Lipinski definition) is 2. The van der Waals surface area contributed by atoms with E-state index >= 15 is 0 Å². The van der Waals surface area contributed by atoms with Crippen LogP contribution in [0.3, 0.4) is 0 Å². The van der Waals surface area contributed by atoms with Crippen molar-refractivity contribution in [3.8, 4) is 33.4 Å². The van der Waals surface area contributed by atoms with Crippen LogP contribution in [0.1, 0.15) is 0 Å². The van der Waals surface area contributed by atoms with Gasteiger partial charge < -0.3 is 4.90 Å². The number of nitrogens with zero attached hydrogens (tertiary/aromatic N) is 1. The molecule has 0 aliphatic rings. The number of anilines is 3. The molecule has 60 heavy (non-hydrogen) atoms. The molecule has 1 heterocycles. The Labute approximate surface area is 352 Å². The summed E-state index contributed by atoms with van der Waals surface area (Å²) in [5.41, 5.74) is 10.6. The number of benzene rings is 11. The van der Waals surface area contributed by atoms with Gasteiger partial charge in [0.05, 0.1) is 0 Å². The lowest BCUT2D eigenvalue weighted by atomic mass is 9.89. The Hall–Kier alpha value is -7.52. The van der Waals surface area contributed by atoms with Crippen molar-refractivity contribution < 1.29 is 0 Å². The first-order chi connectivity index (χ1) is 29.7. The number of rotatable bonds is 6. The molecule has 2 heteroatoms. The fourth-order valence-electron chi connectivity index (χ4n) is 9.42. The van der Waals surface area contributed by atoms with E-state index in [1.54, 1.807) is 0 Å². The van der Waals surface area contributed by atoms with Crippen LogP contribution in [0.15, 0.2) is 224 Å². The van der Waals surface area contributed by atoms with E-state index in [4.69, 9.17) is 0 Å². The molecular formula is C58H37NS. The summed E-state index contributed by atoms with van der Waals surface area (Å²) >= 11 is 1.89. The summed E-state index contributed by atoms with van der Waals surface area (Å²) in [5, 5.41) is 12.7. The van der Waals surface area contributed by atoms with Crippen molar-refractivity contribution in [3.63, 3.8) is 0 Å². The zero-order chi connectivity index (χ0) is 39.6.